The van der Waals surface area contributed by atoms with Crippen molar-refractivity contribution < 1.29 is 8.94 Å². The van der Waals surface area contributed by atoms with Crippen molar-refractivity contribution in [2.75, 3.05) is 0 Å². The fourth-order valence-corrected chi connectivity index (χ4v) is 3.92. The maximum atomic E-state index is 5.49. The number of thioether (sulfide) groups is 1. The number of aromatic nitrogens is 5. The Morgan fingerprint density at radius 3 is 2.69 bits per heavy atom. The summed E-state index contributed by atoms with van der Waals surface area (Å²) in [6.45, 7) is 6.11. The lowest BCUT2D eigenvalue weighted by Gasteiger charge is -2.11. The molecule has 3 aromatic heterocycles. The van der Waals surface area contributed by atoms with Crippen LogP contribution in [-0.2, 0) is 6.42 Å². The van der Waals surface area contributed by atoms with Crippen LogP contribution >= 0.6 is 11.8 Å². The van der Waals surface area contributed by atoms with Crippen molar-refractivity contribution in [2.24, 2.45) is 0 Å². The van der Waals surface area contributed by atoms with Gasteiger partial charge < -0.3 is 8.94 Å². The number of nitrogens with zero attached hydrogens (tertiary/aromatic N) is 5. The SMILES string of the molecule is CCCCc1noc([C@@H](C)Sc2nnc(-c3ccoc3C)n2-c2ccccc2)n1. The van der Waals surface area contributed by atoms with E-state index in [-0.39, 0.29) is 5.25 Å². The molecule has 4 aromatic rings. The molecule has 0 aliphatic carbocycles. The molecule has 0 aliphatic rings. The highest BCUT2D eigenvalue weighted by atomic mass is 32.2. The Balaban J connectivity index is 1.66. The van der Waals surface area contributed by atoms with Crippen molar-refractivity contribution in [3.8, 4) is 17.1 Å². The smallest absolute Gasteiger partial charge is 0.239 e. The summed E-state index contributed by atoms with van der Waals surface area (Å²) in [5.41, 5.74) is 1.90. The Morgan fingerprint density at radius 2 is 1.97 bits per heavy atom. The maximum Gasteiger partial charge on any atom is 0.239 e. The highest BCUT2D eigenvalue weighted by Crippen LogP contribution is 2.37. The van der Waals surface area contributed by atoms with Crippen LogP contribution in [0.2, 0.25) is 0 Å². The molecule has 7 nitrogen and oxygen atoms in total. The summed E-state index contributed by atoms with van der Waals surface area (Å²) in [5, 5.41) is 13.7. The van der Waals surface area contributed by atoms with Gasteiger partial charge >= 0.3 is 0 Å². The molecule has 1 aromatic carbocycles. The van der Waals surface area contributed by atoms with E-state index in [0.717, 1.165) is 53.1 Å². The number of rotatable bonds is 8. The second-order valence-corrected chi connectivity index (χ2v) is 8.09. The zero-order valence-corrected chi connectivity index (χ0v) is 17.5. The first-order valence-electron chi connectivity index (χ1n) is 9.71. The number of hydrogen-bond donors (Lipinski definition) is 0. The number of aryl methyl sites for hydroxylation is 2. The first kappa shape index (κ1) is 19.4. The van der Waals surface area contributed by atoms with E-state index < -0.39 is 0 Å². The highest BCUT2D eigenvalue weighted by Gasteiger charge is 2.23. The molecule has 8 heteroatoms. The van der Waals surface area contributed by atoms with Gasteiger partial charge in [-0.3, -0.25) is 4.57 Å². The minimum absolute atomic E-state index is 0.0529. The molecule has 1 atom stereocenters. The Labute approximate surface area is 173 Å². The average Bonchev–Trinajstić information content (AvgIpc) is 3.46. The fourth-order valence-electron chi connectivity index (χ4n) is 3.03. The van der Waals surface area contributed by atoms with Gasteiger partial charge in [0.2, 0.25) is 5.89 Å². The minimum Gasteiger partial charge on any atom is -0.469 e. The summed E-state index contributed by atoms with van der Waals surface area (Å²) >= 11 is 1.54. The molecule has 0 fully saturated rings. The van der Waals surface area contributed by atoms with Crippen molar-refractivity contribution in [3.05, 3.63) is 60.1 Å². The van der Waals surface area contributed by atoms with E-state index in [9.17, 15) is 0 Å². The van der Waals surface area contributed by atoms with Crippen molar-refractivity contribution >= 4 is 11.8 Å². The highest BCUT2D eigenvalue weighted by molar-refractivity contribution is 7.99. The van der Waals surface area contributed by atoms with Crippen LogP contribution in [0, 0.1) is 6.92 Å². The monoisotopic (exact) mass is 409 g/mol. The van der Waals surface area contributed by atoms with Crippen molar-refractivity contribution in [3.63, 3.8) is 0 Å². The molecular formula is C21H23N5O2S. The molecule has 0 N–H and O–H groups in total. The van der Waals surface area contributed by atoms with Crippen LogP contribution in [-0.4, -0.2) is 24.9 Å². The Morgan fingerprint density at radius 1 is 1.14 bits per heavy atom. The van der Waals surface area contributed by atoms with E-state index >= 15 is 0 Å². The fraction of sp³-hybridized carbons (Fsp3) is 0.333. The van der Waals surface area contributed by atoms with E-state index in [0.29, 0.717) is 5.89 Å². The van der Waals surface area contributed by atoms with E-state index in [4.69, 9.17) is 8.94 Å². The lowest BCUT2D eigenvalue weighted by molar-refractivity contribution is 0.374. The van der Waals surface area contributed by atoms with Gasteiger partial charge in [0.25, 0.3) is 0 Å². The van der Waals surface area contributed by atoms with Gasteiger partial charge in [-0.1, -0.05) is 48.5 Å². The summed E-state index contributed by atoms with van der Waals surface area (Å²) in [4.78, 5) is 4.55. The molecule has 3 heterocycles. The third-order valence-corrected chi connectivity index (χ3v) is 5.65. The van der Waals surface area contributed by atoms with Gasteiger partial charge in [0, 0.05) is 12.1 Å². The molecule has 0 spiro atoms. The van der Waals surface area contributed by atoms with Gasteiger partial charge in [-0.2, -0.15) is 4.98 Å². The Bertz CT molecular complexity index is 1070. The molecular weight excluding hydrogens is 386 g/mol. The van der Waals surface area contributed by atoms with Gasteiger partial charge in [0.1, 0.15) is 5.76 Å². The summed E-state index contributed by atoms with van der Waals surface area (Å²) in [7, 11) is 0. The van der Waals surface area contributed by atoms with Crippen molar-refractivity contribution in [2.45, 2.75) is 50.4 Å². The van der Waals surface area contributed by atoms with E-state index in [1.165, 1.54) is 0 Å². The second kappa shape index (κ2) is 8.65. The standard InChI is InChI=1S/C21H23N5O2S/c1-4-5-11-18-22-20(28-25-18)15(3)29-21-24-23-19(17-12-13-27-14(17)2)26(21)16-9-7-6-8-10-16/h6-10,12-13,15H,4-5,11H2,1-3H3/t15-/m1/s1. The van der Waals surface area contributed by atoms with E-state index in [1.54, 1.807) is 18.0 Å². The molecule has 0 unspecified atom stereocenters. The molecule has 4 rings (SSSR count). The number of furan rings is 1. The normalized spacial score (nSPS) is 12.4. The zero-order chi connectivity index (χ0) is 20.2. The molecule has 0 radical (unpaired) electrons. The van der Waals surface area contributed by atoms with E-state index in [2.05, 4.69) is 27.3 Å². The van der Waals surface area contributed by atoms with Crippen LogP contribution < -0.4 is 0 Å². The average molecular weight is 410 g/mol. The predicted molar refractivity (Wildman–Crippen MR) is 111 cm³/mol. The van der Waals surface area contributed by atoms with Gasteiger partial charge in [-0.25, -0.2) is 0 Å². The topological polar surface area (TPSA) is 82.8 Å². The quantitative estimate of drug-likeness (QED) is 0.360. The third-order valence-electron chi connectivity index (χ3n) is 4.62. The van der Waals surface area contributed by atoms with Crippen LogP contribution in [0.4, 0.5) is 0 Å². The molecule has 0 saturated carbocycles. The van der Waals surface area contributed by atoms with Gasteiger partial charge in [0.15, 0.2) is 16.8 Å². The largest absolute Gasteiger partial charge is 0.469 e. The summed E-state index contributed by atoms with van der Waals surface area (Å²) < 4.78 is 13.0. The molecule has 0 saturated heterocycles. The predicted octanol–water partition coefficient (Wildman–Crippen LogP) is 5.41. The van der Waals surface area contributed by atoms with Gasteiger partial charge in [-0.05, 0) is 38.5 Å². The first-order chi connectivity index (χ1) is 14.2. The summed E-state index contributed by atoms with van der Waals surface area (Å²) in [6, 6.07) is 12.0. The first-order valence-corrected chi connectivity index (χ1v) is 10.6. The van der Waals surface area contributed by atoms with Crippen LogP contribution in [0.1, 0.15) is 49.4 Å². The lowest BCUT2D eigenvalue weighted by atomic mass is 10.2. The number of unbranched alkanes of at least 4 members (excludes halogenated alkanes) is 1. The molecule has 0 aliphatic heterocycles. The zero-order valence-electron chi connectivity index (χ0n) is 16.7. The van der Waals surface area contributed by atoms with Crippen LogP contribution in [0.5, 0.6) is 0 Å². The Kier molecular flexibility index (Phi) is 5.80. The lowest BCUT2D eigenvalue weighted by Crippen LogP contribution is -2.01. The van der Waals surface area contributed by atoms with Gasteiger partial charge in [-0.15, -0.1) is 10.2 Å². The second-order valence-electron chi connectivity index (χ2n) is 6.78. The summed E-state index contributed by atoms with van der Waals surface area (Å²) in [6.07, 6.45) is 4.66. The van der Waals surface area contributed by atoms with Crippen LogP contribution in [0.15, 0.2) is 56.8 Å². The number of benzene rings is 1. The Hall–Kier alpha value is -2.87. The van der Waals surface area contributed by atoms with E-state index in [1.807, 2.05) is 54.8 Å². The molecule has 0 bridgehead atoms. The summed E-state index contributed by atoms with van der Waals surface area (Å²) in [5.74, 6) is 2.90. The number of para-hydroxylation sites is 1. The minimum atomic E-state index is -0.0529. The molecule has 29 heavy (non-hydrogen) atoms. The van der Waals surface area contributed by atoms with Crippen LogP contribution in [0.3, 0.4) is 0 Å². The van der Waals surface area contributed by atoms with Crippen molar-refractivity contribution in [1.82, 2.24) is 24.9 Å². The molecule has 150 valence electrons. The van der Waals surface area contributed by atoms with Crippen molar-refractivity contribution in [1.29, 1.82) is 0 Å². The molecule has 0 amide bonds. The third kappa shape index (κ3) is 4.12. The van der Waals surface area contributed by atoms with Gasteiger partial charge in [0.05, 0.1) is 17.1 Å². The van der Waals surface area contributed by atoms with Crippen LogP contribution in [0.25, 0.3) is 17.1 Å². The number of hydrogen-bond acceptors (Lipinski definition) is 7. The maximum absolute atomic E-state index is 5.49.